The fourth-order valence-corrected chi connectivity index (χ4v) is 3.17. The van der Waals surface area contributed by atoms with E-state index in [1.165, 1.54) is 11.1 Å². The van der Waals surface area contributed by atoms with E-state index in [2.05, 4.69) is 30.4 Å². The fourth-order valence-electron chi connectivity index (χ4n) is 3.17. The van der Waals surface area contributed by atoms with Gasteiger partial charge in [-0.15, -0.1) is 12.4 Å². The van der Waals surface area contributed by atoms with Crippen LogP contribution in [0.3, 0.4) is 0 Å². The third-order valence-corrected chi connectivity index (χ3v) is 5.02. The van der Waals surface area contributed by atoms with E-state index in [-0.39, 0.29) is 29.8 Å². The van der Waals surface area contributed by atoms with E-state index in [0.717, 1.165) is 6.42 Å². The lowest BCUT2D eigenvalue weighted by atomic mass is 9.54. The van der Waals surface area contributed by atoms with Gasteiger partial charge in [0.15, 0.2) is 0 Å². The molecule has 23 heavy (non-hydrogen) atoms. The molecule has 2 rings (SSSR count). The van der Waals surface area contributed by atoms with Crippen LogP contribution >= 0.6 is 12.4 Å². The van der Waals surface area contributed by atoms with Crippen LogP contribution in [0.5, 0.6) is 0 Å². The van der Waals surface area contributed by atoms with Crippen molar-refractivity contribution in [2.24, 2.45) is 11.1 Å². The predicted octanol–water partition coefficient (Wildman–Crippen LogP) is 2.61. The molecular formula is C18H29ClN2O2. The van der Waals surface area contributed by atoms with Crippen molar-refractivity contribution in [1.29, 1.82) is 0 Å². The molecule has 1 aliphatic rings. The van der Waals surface area contributed by atoms with Crippen LogP contribution in [0.4, 0.5) is 0 Å². The van der Waals surface area contributed by atoms with Gasteiger partial charge in [0.2, 0.25) is 5.91 Å². The summed E-state index contributed by atoms with van der Waals surface area (Å²) in [6, 6.07) is 8.33. The topological polar surface area (TPSA) is 64.3 Å². The molecule has 0 bridgehead atoms. The van der Waals surface area contributed by atoms with Crippen LogP contribution in [0.1, 0.15) is 38.3 Å². The molecule has 1 saturated carbocycles. The monoisotopic (exact) mass is 340 g/mol. The first-order chi connectivity index (χ1) is 10.3. The summed E-state index contributed by atoms with van der Waals surface area (Å²) in [5.74, 6) is -0.0684. The van der Waals surface area contributed by atoms with Crippen molar-refractivity contribution in [3.05, 3.63) is 35.4 Å². The summed E-state index contributed by atoms with van der Waals surface area (Å²) >= 11 is 0. The predicted molar refractivity (Wildman–Crippen MR) is 95.9 cm³/mol. The lowest BCUT2D eigenvalue weighted by molar-refractivity contribution is -0.170. The Morgan fingerprint density at radius 2 is 2.13 bits per heavy atom. The van der Waals surface area contributed by atoms with Crippen molar-refractivity contribution < 1.29 is 9.53 Å². The average Bonchev–Trinajstić information content (AvgIpc) is 2.46. The van der Waals surface area contributed by atoms with Crippen LogP contribution in [0, 0.1) is 12.3 Å². The first-order valence-electron chi connectivity index (χ1n) is 8.05. The Morgan fingerprint density at radius 1 is 1.43 bits per heavy atom. The van der Waals surface area contributed by atoms with Crippen molar-refractivity contribution >= 4 is 18.3 Å². The molecular weight excluding hydrogens is 312 g/mol. The Balaban J connectivity index is 0.00000264. The van der Waals surface area contributed by atoms with Crippen molar-refractivity contribution in [3.8, 4) is 0 Å². The van der Waals surface area contributed by atoms with Gasteiger partial charge in [-0.1, -0.05) is 43.7 Å². The van der Waals surface area contributed by atoms with Gasteiger partial charge in [-0.05, 0) is 25.8 Å². The van der Waals surface area contributed by atoms with Gasteiger partial charge in [0, 0.05) is 25.0 Å². The highest BCUT2D eigenvalue weighted by Gasteiger charge is 2.62. The van der Waals surface area contributed by atoms with E-state index >= 15 is 0 Å². The van der Waals surface area contributed by atoms with Gasteiger partial charge in [-0.3, -0.25) is 4.79 Å². The van der Waals surface area contributed by atoms with E-state index < -0.39 is 5.54 Å². The standard InChI is InChI=1S/C18H28N2O2.ClH/c1-5-22-15-12-18(19,17(15,3)4)16(21)20-10-9-14-8-6-7-13(2)11-14;/h6-8,11,15H,5,9-10,12,19H2,1-4H3,(H,20,21);1H. The zero-order valence-corrected chi connectivity index (χ0v) is 15.3. The number of aryl methyl sites for hydroxylation is 1. The number of carbonyl (C=O) groups excluding carboxylic acids is 1. The molecule has 1 aromatic rings. The highest BCUT2D eigenvalue weighted by Crippen LogP contribution is 2.49. The maximum absolute atomic E-state index is 12.5. The SMILES string of the molecule is CCOC1CC(N)(C(=O)NCCc2cccc(C)c2)C1(C)C.Cl. The Kier molecular flexibility index (Phi) is 6.63. The van der Waals surface area contributed by atoms with Gasteiger partial charge in [-0.25, -0.2) is 0 Å². The number of halogens is 1. The molecule has 0 radical (unpaired) electrons. The second-order valence-electron chi connectivity index (χ2n) is 6.84. The summed E-state index contributed by atoms with van der Waals surface area (Å²) in [4.78, 5) is 12.5. The van der Waals surface area contributed by atoms with Gasteiger partial charge in [0.25, 0.3) is 0 Å². The zero-order chi connectivity index (χ0) is 16.4. The molecule has 1 aliphatic carbocycles. The summed E-state index contributed by atoms with van der Waals surface area (Å²) in [7, 11) is 0. The normalized spacial score (nSPS) is 25.2. The summed E-state index contributed by atoms with van der Waals surface area (Å²) in [5, 5.41) is 2.99. The number of nitrogens with one attached hydrogen (secondary N) is 1. The van der Waals surface area contributed by atoms with Crippen LogP contribution < -0.4 is 11.1 Å². The number of hydrogen-bond acceptors (Lipinski definition) is 3. The summed E-state index contributed by atoms with van der Waals surface area (Å²) < 4.78 is 5.67. The van der Waals surface area contributed by atoms with Crippen LogP contribution in [-0.4, -0.2) is 30.7 Å². The van der Waals surface area contributed by atoms with Crippen LogP contribution in [-0.2, 0) is 16.0 Å². The van der Waals surface area contributed by atoms with Gasteiger partial charge < -0.3 is 15.8 Å². The molecule has 0 spiro atoms. The maximum atomic E-state index is 12.5. The van der Waals surface area contributed by atoms with E-state index in [9.17, 15) is 4.79 Å². The summed E-state index contributed by atoms with van der Waals surface area (Å²) in [6.07, 6.45) is 1.47. The van der Waals surface area contributed by atoms with Crippen molar-refractivity contribution in [2.45, 2.75) is 52.2 Å². The minimum atomic E-state index is -0.834. The van der Waals surface area contributed by atoms with Crippen LogP contribution in [0.15, 0.2) is 24.3 Å². The Morgan fingerprint density at radius 3 is 2.70 bits per heavy atom. The highest BCUT2D eigenvalue weighted by molar-refractivity contribution is 5.88. The van der Waals surface area contributed by atoms with Crippen molar-refractivity contribution in [3.63, 3.8) is 0 Å². The third kappa shape index (κ3) is 3.87. The number of hydrogen-bond donors (Lipinski definition) is 2. The van der Waals surface area contributed by atoms with Gasteiger partial charge in [0.05, 0.1) is 6.10 Å². The van der Waals surface area contributed by atoms with Gasteiger partial charge in [-0.2, -0.15) is 0 Å². The molecule has 1 fully saturated rings. The van der Waals surface area contributed by atoms with Gasteiger partial charge in [0.1, 0.15) is 5.54 Å². The minimum absolute atomic E-state index is 0. The third-order valence-electron chi connectivity index (χ3n) is 5.02. The smallest absolute Gasteiger partial charge is 0.240 e. The lowest BCUT2D eigenvalue weighted by Gasteiger charge is -2.57. The molecule has 4 nitrogen and oxygen atoms in total. The maximum Gasteiger partial charge on any atom is 0.240 e. The molecule has 2 atom stereocenters. The van der Waals surface area contributed by atoms with E-state index in [0.29, 0.717) is 19.6 Å². The van der Waals surface area contributed by atoms with E-state index in [4.69, 9.17) is 10.5 Å². The number of ether oxygens (including phenoxy) is 1. The number of carbonyl (C=O) groups is 1. The largest absolute Gasteiger partial charge is 0.378 e. The molecule has 1 aromatic carbocycles. The number of benzene rings is 1. The Bertz CT molecular complexity index is 548. The first kappa shape index (κ1) is 19.9. The Labute approximate surface area is 145 Å². The summed E-state index contributed by atoms with van der Waals surface area (Å²) in [5.41, 5.74) is 7.65. The lowest BCUT2D eigenvalue weighted by Crippen LogP contribution is -2.75. The van der Waals surface area contributed by atoms with Crippen molar-refractivity contribution in [2.75, 3.05) is 13.2 Å². The molecule has 0 saturated heterocycles. The molecule has 2 unspecified atom stereocenters. The van der Waals surface area contributed by atoms with E-state index in [1.54, 1.807) is 0 Å². The fraction of sp³-hybridized carbons (Fsp3) is 0.611. The first-order valence-corrected chi connectivity index (χ1v) is 8.05. The molecule has 0 heterocycles. The molecule has 1 amide bonds. The van der Waals surface area contributed by atoms with E-state index in [1.807, 2.05) is 26.8 Å². The second kappa shape index (κ2) is 7.65. The zero-order valence-electron chi connectivity index (χ0n) is 14.5. The quantitative estimate of drug-likeness (QED) is 0.836. The Hall–Kier alpha value is -1.10. The second-order valence-corrected chi connectivity index (χ2v) is 6.84. The molecule has 5 heteroatoms. The number of amides is 1. The number of rotatable bonds is 6. The summed E-state index contributed by atoms with van der Waals surface area (Å²) in [6.45, 7) is 9.32. The molecule has 0 aliphatic heterocycles. The van der Waals surface area contributed by atoms with Gasteiger partial charge >= 0.3 is 0 Å². The van der Waals surface area contributed by atoms with Crippen LogP contribution in [0.25, 0.3) is 0 Å². The number of nitrogens with two attached hydrogens (primary N) is 1. The molecule has 0 aromatic heterocycles. The highest BCUT2D eigenvalue weighted by atomic mass is 35.5. The minimum Gasteiger partial charge on any atom is -0.378 e. The molecule has 3 N–H and O–H groups in total. The van der Waals surface area contributed by atoms with Crippen LogP contribution in [0.2, 0.25) is 0 Å². The average molecular weight is 341 g/mol. The van der Waals surface area contributed by atoms with Crippen molar-refractivity contribution in [1.82, 2.24) is 5.32 Å². The molecule has 130 valence electrons.